The zero-order valence-electron chi connectivity index (χ0n) is 10.3. The summed E-state index contributed by atoms with van der Waals surface area (Å²) >= 11 is 0. The molecule has 2 aromatic carbocycles. The van der Waals surface area contributed by atoms with Crippen LogP contribution in [0.4, 0.5) is 0 Å². The van der Waals surface area contributed by atoms with Gasteiger partial charge < -0.3 is 4.79 Å². The van der Waals surface area contributed by atoms with Crippen molar-refractivity contribution in [3.8, 4) is 11.1 Å². The first-order valence-corrected chi connectivity index (χ1v) is 6.16. The lowest BCUT2D eigenvalue weighted by molar-refractivity contribution is -0.107. The Kier molecular flexibility index (Phi) is 4.48. The van der Waals surface area contributed by atoms with Gasteiger partial charge in [0.25, 0.3) is 0 Å². The molecular weight excluding hydrogens is 220 g/mol. The second kappa shape index (κ2) is 6.55. The topological polar surface area (TPSA) is 17.1 Å². The van der Waals surface area contributed by atoms with Crippen LogP contribution in [0.3, 0.4) is 0 Å². The van der Waals surface area contributed by atoms with E-state index in [1.807, 2.05) is 24.3 Å². The maximum absolute atomic E-state index is 10.2. The summed E-state index contributed by atoms with van der Waals surface area (Å²) < 4.78 is 0. The van der Waals surface area contributed by atoms with Gasteiger partial charge in [0.05, 0.1) is 0 Å². The molecule has 1 nitrogen and oxygen atoms in total. The van der Waals surface area contributed by atoms with E-state index in [0.29, 0.717) is 6.42 Å². The van der Waals surface area contributed by atoms with Gasteiger partial charge in [-0.15, -0.1) is 0 Å². The summed E-state index contributed by atoms with van der Waals surface area (Å²) in [6, 6.07) is 18.8. The average molecular weight is 236 g/mol. The van der Waals surface area contributed by atoms with Gasteiger partial charge in [-0.3, -0.25) is 0 Å². The van der Waals surface area contributed by atoms with E-state index in [2.05, 4.69) is 42.5 Å². The molecule has 90 valence electrons. The molecule has 18 heavy (non-hydrogen) atoms. The Hall–Kier alpha value is -2.15. The minimum atomic E-state index is 0.596. The van der Waals surface area contributed by atoms with E-state index in [-0.39, 0.29) is 0 Å². The Balaban J connectivity index is 2.06. The molecule has 0 heterocycles. The van der Waals surface area contributed by atoms with E-state index in [1.54, 1.807) is 0 Å². The highest BCUT2D eigenvalue weighted by Gasteiger charge is 1.95. The molecule has 0 amide bonds. The van der Waals surface area contributed by atoms with Crippen LogP contribution in [0.5, 0.6) is 0 Å². The van der Waals surface area contributed by atoms with Crippen molar-refractivity contribution in [3.63, 3.8) is 0 Å². The molecule has 0 saturated heterocycles. The van der Waals surface area contributed by atoms with Crippen LogP contribution >= 0.6 is 0 Å². The fourth-order valence-electron chi connectivity index (χ4n) is 1.80. The molecule has 0 atom stereocenters. The lowest BCUT2D eigenvalue weighted by atomic mass is 10.0. The quantitative estimate of drug-likeness (QED) is 0.557. The summed E-state index contributed by atoms with van der Waals surface area (Å²) in [5, 5.41) is 0. The normalized spacial score (nSPS) is 10.7. The third-order valence-corrected chi connectivity index (χ3v) is 2.78. The molecular formula is C17H16O. The summed E-state index contributed by atoms with van der Waals surface area (Å²) in [4.78, 5) is 10.2. The molecule has 0 saturated carbocycles. The van der Waals surface area contributed by atoms with Crippen LogP contribution in [0, 0.1) is 0 Å². The Morgan fingerprint density at radius 3 is 2.11 bits per heavy atom. The summed E-state index contributed by atoms with van der Waals surface area (Å²) in [5.74, 6) is 0. The van der Waals surface area contributed by atoms with Crippen molar-refractivity contribution >= 4 is 12.4 Å². The lowest BCUT2D eigenvalue weighted by Gasteiger charge is -2.01. The van der Waals surface area contributed by atoms with Crippen LogP contribution in [-0.2, 0) is 4.79 Å². The third-order valence-electron chi connectivity index (χ3n) is 2.78. The fraction of sp³-hybridized carbons (Fsp3) is 0.118. The van der Waals surface area contributed by atoms with Gasteiger partial charge in [0.15, 0.2) is 0 Å². The van der Waals surface area contributed by atoms with E-state index in [4.69, 9.17) is 0 Å². The van der Waals surface area contributed by atoms with Crippen LogP contribution in [-0.4, -0.2) is 6.29 Å². The van der Waals surface area contributed by atoms with E-state index in [9.17, 15) is 4.79 Å². The summed E-state index contributed by atoms with van der Waals surface area (Å²) in [7, 11) is 0. The van der Waals surface area contributed by atoms with Gasteiger partial charge in [-0.1, -0.05) is 66.7 Å². The summed E-state index contributed by atoms with van der Waals surface area (Å²) in [6.45, 7) is 0. The number of unbranched alkanes of at least 4 members (excludes halogenated alkanes) is 1. The molecule has 1 heteroatoms. The van der Waals surface area contributed by atoms with Gasteiger partial charge in [0.1, 0.15) is 6.29 Å². The molecule has 0 aromatic heterocycles. The Morgan fingerprint density at radius 2 is 1.44 bits per heavy atom. The van der Waals surface area contributed by atoms with Crippen LogP contribution in [0.1, 0.15) is 18.4 Å². The van der Waals surface area contributed by atoms with E-state index in [1.165, 1.54) is 16.7 Å². The van der Waals surface area contributed by atoms with Crippen LogP contribution < -0.4 is 0 Å². The Morgan fingerprint density at radius 1 is 0.778 bits per heavy atom. The highest BCUT2D eigenvalue weighted by atomic mass is 16.1. The van der Waals surface area contributed by atoms with Crippen molar-refractivity contribution in [1.29, 1.82) is 0 Å². The smallest absolute Gasteiger partial charge is 0.120 e. The zero-order chi connectivity index (χ0) is 12.6. The fourth-order valence-corrected chi connectivity index (χ4v) is 1.80. The zero-order valence-corrected chi connectivity index (χ0v) is 10.3. The number of allylic oxidation sites excluding steroid dienone is 1. The minimum Gasteiger partial charge on any atom is -0.303 e. The average Bonchev–Trinajstić information content (AvgIpc) is 2.45. The summed E-state index contributed by atoms with van der Waals surface area (Å²) in [5.41, 5.74) is 3.62. The first-order chi connectivity index (χ1) is 8.90. The monoisotopic (exact) mass is 236 g/mol. The number of hydrogen-bond acceptors (Lipinski definition) is 1. The number of aldehydes is 1. The van der Waals surface area contributed by atoms with Crippen LogP contribution in [0.15, 0.2) is 60.7 Å². The van der Waals surface area contributed by atoms with Crippen molar-refractivity contribution in [2.45, 2.75) is 12.8 Å². The van der Waals surface area contributed by atoms with Crippen molar-refractivity contribution in [2.24, 2.45) is 0 Å². The number of carbonyl (C=O) groups excluding carboxylic acids is 1. The first-order valence-electron chi connectivity index (χ1n) is 6.16. The van der Waals surface area contributed by atoms with Gasteiger partial charge in [-0.2, -0.15) is 0 Å². The lowest BCUT2D eigenvalue weighted by Crippen LogP contribution is -1.78. The molecule has 0 bridgehead atoms. The highest BCUT2D eigenvalue weighted by Crippen LogP contribution is 2.19. The molecule has 0 aliphatic heterocycles. The SMILES string of the molecule is O=CCC/C=C/c1ccc(-c2ccccc2)cc1. The standard InChI is InChI=1S/C17H16O/c18-14-6-2-3-7-15-10-12-17(13-11-15)16-8-4-1-5-9-16/h1,3-5,7-14H,2,6H2/b7-3+. The van der Waals surface area contributed by atoms with Gasteiger partial charge in [0, 0.05) is 6.42 Å². The molecule has 0 N–H and O–H groups in total. The van der Waals surface area contributed by atoms with Crippen LogP contribution in [0.2, 0.25) is 0 Å². The van der Waals surface area contributed by atoms with Crippen molar-refractivity contribution < 1.29 is 4.79 Å². The predicted molar refractivity (Wildman–Crippen MR) is 76.2 cm³/mol. The highest BCUT2D eigenvalue weighted by molar-refractivity contribution is 5.65. The van der Waals surface area contributed by atoms with Gasteiger partial charge >= 0.3 is 0 Å². The molecule has 0 aliphatic rings. The molecule has 2 rings (SSSR count). The Bertz CT molecular complexity index is 509. The first kappa shape index (κ1) is 12.3. The van der Waals surface area contributed by atoms with Gasteiger partial charge in [-0.05, 0) is 23.1 Å². The molecule has 0 aliphatic carbocycles. The largest absolute Gasteiger partial charge is 0.303 e. The number of carbonyl (C=O) groups is 1. The predicted octanol–water partition coefficient (Wildman–Crippen LogP) is 4.35. The van der Waals surface area contributed by atoms with E-state index >= 15 is 0 Å². The number of benzene rings is 2. The molecule has 0 radical (unpaired) electrons. The second-order valence-electron chi connectivity index (χ2n) is 4.13. The maximum atomic E-state index is 10.2. The Labute approximate surface area is 108 Å². The maximum Gasteiger partial charge on any atom is 0.120 e. The van der Waals surface area contributed by atoms with Crippen LogP contribution in [0.25, 0.3) is 17.2 Å². The minimum absolute atomic E-state index is 0.596. The molecule has 0 unspecified atom stereocenters. The second-order valence-corrected chi connectivity index (χ2v) is 4.13. The van der Waals surface area contributed by atoms with Crippen molar-refractivity contribution in [2.75, 3.05) is 0 Å². The number of rotatable bonds is 5. The van der Waals surface area contributed by atoms with Crippen molar-refractivity contribution in [1.82, 2.24) is 0 Å². The van der Waals surface area contributed by atoms with Gasteiger partial charge in [0.2, 0.25) is 0 Å². The summed E-state index contributed by atoms with van der Waals surface area (Å²) in [6.07, 6.45) is 6.44. The van der Waals surface area contributed by atoms with Gasteiger partial charge in [-0.25, -0.2) is 0 Å². The molecule has 2 aromatic rings. The molecule has 0 fully saturated rings. The van der Waals surface area contributed by atoms with E-state index in [0.717, 1.165) is 12.7 Å². The van der Waals surface area contributed by atoms with Crippen molar-refractivity contribution in [3.05, 3.63) is 66.2 Å². The van der Waals surface area contributed by atoms with E-state index < -0.39 is 0 Å². The third kappa shape index (κ3) is 3.42. The molecule has 0 spiro atoms. The number of hydrogen-bond donors (Lipinski definition) is 0.